The Morgan fingerprint density at radius 2 is 1.78 bits per heavy atom. The van der Waals surface area contributed by atoms with Gasteiger partial charge in [0.1, 0.15) is 5.97 Å². The van der Waals surface area contributed by atoms with Crippen LogP contribution in [0.1, 0.15) is 25.7 Å². The fourth-order valence-corrected chi connectivity index (χ4v) is 2.16. The van der Waals surface area contributed by atoms with Crippen molar-refractivity contribution in [2.75, 3.05) is 6.61 Å². The molecule has 11 heteroatoms. The maximum atomic E-state index is 12.9. The van der Waals surface area contributed by atoms with Crippen molar-refractivity contribution in [2.24, 2.45) is 5.92 Å². The zero-order chi connectivity index (χ0) is 17.0. The minimum atomic E-state index is -5.63. The number of rotatable bonds is 6. The van der Waals surface area contributed by atoms with Gasteiger partial charge in [0.15, 0.2) is 6.61 Å². The van der Waals surface area contributed by atoms with Crippen LogP contribution in [0.4, 0.5) is 8.78 Å². The topological polar surface area (TPSA) is 107 Å². The van der Waals surface area contributed by atoms with E-state index in [-0.39, 0.29) is 32.3 Å². The number of hydrogen-bond donors (Lipinski definition) is 1. The molecule has 1 rings (SSSR count). The third-order valence-corrected chi connectivity index (χ3v) is 4.06. The molecule has 0 saturated heterocycles. The summed E-state index contributed by atoms with van der Waals surface area (Å²) in [5, 5.41) is -4.55. The van der Waals surface area contributed by atoms with Gasteiger partial charge < -0.3 is 15.5 Å². The molecule has 0 aromatic heterocycles. The Bertz CT molecular complexity index is 542. The number of carbonyl (C=O) groups is 2. The predicted octanol–water partition coefficient (Wildman–Crippen LogP) is 1.10. The normalized spacial score (nSPS) is 21.7. The summed E-state index contributed by atoms with van der Waals surface area (Å²) in [6.45, 7) is 1.38. The van der Waals surface area contributed by atoms with Crippen molar-refractivity contribution in [1.29, 1.82) is 0 Å². The Balaban J connectivity index is 0.00000484. The first-order chi connectivity index (χ1) is 10.1. The van der Waals surface area contributed by atoms with E-state index in [0.717, 1.165) is 0 Å². The van der Waals surface area contributed by atoms with Crippen molar-refractivity contribution in [3.8, 4) is 0 Å². The predicted molar refractivity (Wildman–Crippen MR) is 68.2 cm³/mol. The van der Waals surface area contributed by atoms with E-state index in [2.05, 4.69) is 11.3 Å². The number of esters is 2. The van der Waals surface area contributed by atoms with Crippen LogP contribution in [0.3, 0.4) is 0 Å². The fourth-order valence-electron chi connectivity index (χ4n) is 1.96. The molecule has 0 aromatic carbocycles. The van der Waals surface area contributed by atoms with E-state index in [1.807, 2.05) is 6.08 Å². The van der Waals surface area contributed by atoms with Gasteiger partial charge >= 0.3 is 21.3 Å². The summed E-state index contributed by atoms with van der Waals surface area (Å²) in [4.78, 5) is 22.5. The molecule has 135 valence electrons. The molecule has 0 unspecified atom stereocenters. The Labute approximate surface area is 144 Å². The van der Waals surface area contributed by atoms with Crippen LogP contribution < -0.4 is 0 Å². The summed E-state index contributed by atoms with van der Waals surface area (Å²) in [6, 6.07) is 0. The third-order valence-electron chi connectivity index (χ3n) is 3.19. The first kappa shape index (κ1) is 22.1. The number of halogens is 2. The summed E-state index contributed by atoms with van der Waals surface area (Å²) in [5.74, 6) is -2.39. The second-order valence-electron chi connectivity index (χ2n) is 4.78. The molecule has 1 aliphatic carbocycles. The van der Waals surface area contributed by atoms with Gasteiger partial charge in [0.2, 0.25) is 0 Å². The smallest absolute Gasteiger partial charge is 0.402 e. The summed E-state index contributed by atoms with van der Waals surface area (Å²) >= 11 is 0. The first-order valence-electron chi connectivity index (χ1n) is 6.32. The van der Waals surface area contributed by atoms with Gasteiger partial charge in [-0.1, -0.05) is 0 Å². The third kappa shape index (κ3) is 6.60. The van der Waals surface area contributed by atoms with E-state index < -0.39 is 45.9 Å². The Morgan fingerprint density at radius 3 is 2.22 bits per heavy atom. The summed E-state index contributed by atoms with van der Waals surface area (Å²) < 4.78 is 64.0. The van der Waals surface area contributed by atoms with E-state index in [1.165, 1.54) is 0 Å². The summed E-state index contributed by atoms with van der Waals surface area (Å²) in [6.07, 6.45) is 2.77. The van der Waals surface area contributed by atoms with Gasteiger partial charge in [0, 0.05) is 19.5 Å². The van der Waals surface area contributed by atoms with Crippen LogP contribution in [0.25, 0.3) is 0 Å². The number of alkyl halides is 2. The zero-order valence-electron chi connectivity index (χ0n) is 11.8. The van der Waals surface area contributed by atoms with Gasteiger partial charge in [-0.05, 0) is 25.7 Å². The number of ether oxygens (including phenoxy) is 2. The number of carbonyl (C=O) groups excluding carboxylic acids is 2. The van der Waals surface area contributed by atoms with Crippen molar-refractivity contribution < 1.29 is 60.3 Å². The van der Waals surface area contributed by atoms with Crippen molar-refractivity contribution >= 4 is 22.1 Å². The fraction of sp³-hybridized carbons (Fsp3) is 0.667. The molecule has 0 amide bonds. The maximum Gasteiger partial charge on any atom is 0.402 e. The Hall–Kier alpha value is -0.927. The summed E-state index contributed by atoms with van der Waals surface area (Å²) in [7, 11) is -5.63. The Morgan fingerprint density at radius 1 is 1.26 bits per heavy atom. The monoisotopic (exact) mass is 444 g/mol. The molecule has 0 bridgehead atoms. The molecule has 0 aliphatic heterocycles. The van der Waals surface area contributed by atoms with Crippen molar-refractivity contribution in [3.63, 3.8) is 0 Å². The van der Waals surface area contributed by atoms with Crippen LogP contribution in [0.2, 0.25) is 0 Å². The molecule has 1 saturated carbocycles. The molecular formula is C12H15F2O7RhS-. The average Bonchev–Trinajstić information content (AvgIpc) is 2.44. The molecule has 0 heterocycles. The SMILES string of the molecule is C=[C-]C(=O)OC1CCC(C(=O)OCC(F)(F)S(=O)(=O)O)CC1.[Rh]. The van der Waals surface area contributed by atoms with Crippen LogP contribution in [0, 0.1) is 12.0 Å². The van der Waals surface area contributed by atoms with E-state index in [9.17, 15) is 26.8 Å². The molecule has 0 aromatic rings. The molecule has 1 fully saturated rings. The first-order valence-corrected chi connectivity index (χ1v) is 7.76. The van der Waals surface area contributed by atoms with E-state index in [4.69, 9.17) is 9.29 Å². The largest absolute Gasteiger partial charge is 0.487 e. The van der Waals surface area contributed by atoms with Crippen LogP contribution in [-0.2, 0) is 48.7 Å². The molecule has 23 heavy (non-hydrogen) atoms. The van der Waals surface area contributed by atoms with Gasteiger partial charge in [0.25, 0.3) is 0 Å². The van der Waals surface area contributed by atoms with Crippen molar-refractivity contribution in [1.82, 2.24) is 0 Å². The van der Waals surface area contributed by atoms with E-state index >= 15 is 0 Å². The second-order valence-corrected chi connectivity index (χ2v) is 6.32. The van der Waals surface area contributed by atoms with Gasteiger partial charge in [-0.2, -0.15) is 17.2 Å². The van der Waals surface area contributed by atoms with Crippen LogP contribution in [0.15, 0.2) is 6.58 Å². The molecular weight excluding hydrogens is 429 g/mol. The molecule has 0 spiro atoms. The molecule has 0 atom stereocenters. The standard InChI is InChI=1S/C12H15F2O7S.Rh/c1-2-10(15)21-9-5-3-8(4-6-9)11(16)20-7-12(13,14)22(17,18)19;/h8-9H,1,3-7H2,(H,17,18,19);/q-1;. The molecule has 1 aliphatic rings. The molecule has 1 N–H and O–H groups in total. The second kappa shape index (κ2) is 8.79. The quantitative estimate of drug-likeness (QED) is 0.215. The van der Waals surface area contributed by atoms with Crippen molar-refractivity contribution in [2.45, 2.75) is 37.0 Å². The van der Waals surface area contributed by atoms with Crippen LogP contribution >= 0.6 is 0 Å². The summed E-state index contributed by atoms with van der Waals surface area (Å²) in [5.41, 5.74) is 0. The van der Waals surface area contributed by atoms with Crippen LogP contribution in [-0.4, -0.2) is 42.9 Å². The average molecular weight is 444 g/mol. The minimum absolute atomic E-state index is 0. The van der Waals surface area contributed by atoms with Gasteiger partial charge in [-0.3, -0.25) is 20.7 Å². The Kier molecular flexibility index (Phi) is 8.44. The van der Waals surface area contributed by atoms with E-state index in [1.54, 1.807) is 0 Å². The maximum absolute atomic E-state index is 12.9. The van der Waals surface area contributed by atoms with Crippen molar-refractivity contribution in [3.05, 3.63) is 12.7 Å². The van der Waals surface area contributed by atoms with Gasteiger partial charge in [-0.25, -0.2) is 0 Å². The minimum Gasteiger partial charge on any atom is -0.487 e. The number of hydrogen-bond acceptors (Lipinski definition) is 6. The molecule has 7 nitrogen and oxygen atoms in total. The molecule has 1 radical (unpaired) electrons. The van der Waals surface area contributed by atoms with Crippen LogP contribution in [0.5, 0.6) is 0 Å². The van der Waals surface area contributed by atoms with Gasteiger partial charge in [-0.15, -0.1) is 0 Å². The van der Waals surface area contributed by atoms with Gasteiger partial charge in [0.05, 0.1) is 12.0 Å². The zero-order valence-corrected chi connectivity index (χ0v) is 14.2. The van der Waals surface area contributed by atoms with E-state index in [0.29, 0.717) is 12.8 Å².